The minimum Gasteiger partial charge on any atom is -0.495 e. The summed E-state index contributed by atoms with van der Waals surface area (Å²) in [7, 11) is 1.54. The summed E-state index contributed by atoms with van der Waals surface area (Å²) in [5.74, 6) is 1.05. The van der Waals surface area contributed by atoms with E-state index in [2.05, 4.69) is 11.4 Å². The third-order valence-corrected chi connectivity index (χ3v) is 5.46. The molecule has 140 valence electrons. The van der Waals surface area contributed by atoms with Crippen LogP contribution in [0.25, 0.3) is 0 Å². The highest BCUT2D eigenvalue weighted by Crippen LogP contribution is 2.29. The van der Waals surface area contributed by atoms with Gasteiger partial charge in [-0.3, -0.25) is 4.79 Å². The minimum atomic E-state index is -0.204. The van der Waals surface area contributed by atoms with Crippen molar-refractivity contribution >= 4 is 35.0 Å². The van der Waals surface area contributed by atoms with Gasteiger partial charge in [0.2, 0.25) is 0 Å². The summed E-state index contributed by atoms with van der Waals surface area (Å²) in [4.78, 5) is 13.6. The molecule has 1 N–H and O–H groups in total. The Balaban J connectivity index is 1.72. The third-order valence-electron chi connectivity index (χ3n) is 4.02. The van der Waals surface area contributed by atoms with Crippen molar-refractivity contribution in [1.82, 2.24) is 0 Å². The van der Waals surface area contributed by atoms with Crippen LogP contribution in [-0.4, -0.2) is 13.0 Å². The van der Waals surface area contributed by atoms with E-state index in [0.29, 0.717) is 33.3 Å². The highest BCUT2D eigenvalue weighted by molar-refractivity contribution is 7.98. The van der Waals surface area contributed by atoms with Crippen molar-refractivity contribution in [3.05, 3.63) is 88.4 Å². The molecule has 0 fully saturated rings. The first-order valence-corrected chi connectivity index (χ1v) is 9.83. The summed E-state index contributed by atoms with van der Waals surface area (Å²) < 4.78 is 5.13. The molecule has 0 aromatic heterocycles. The standard InChI is InChI=1S/C22H17ClN2O2S/c1-27-20-11-10-17(12-19(20)23)25-22(26)18-4-2-3-5-21(18)28-14-16-8-6-15(13-24)7-9-16/h2-12H,14H2,1H3,(H,25,26). The van der Waals surface area contributed by atoms with E-state index in [1.807, 2.05) is 30.3 Å². The number of amides is 1. The van der Waals surface area contributed by atoms with Crippen LogP contribution in [0.2, 0.25) is 5.02 Å². The van der Waals surface area contributed by atoms with Crippen LogP contribution in [0.1, 0.15) is 21.5 Å². The van der Waals surface area contributed by atoms with Gasteiger partial charge in [-0.25, -0.2) is 0 Å². The van der Waals surface area contributed by atoms with Gasteiger partial charge in [-0.2, -0.15) is 5.26 Å². The van der Waals surface area contributed by atoms with Gasteiger partial charge in [0.05, 0.1) is 29.3 Å². The number of nitrogens with one attached hydrogen (secondary N) is 1. The molecule has 0 heterocycles. The molecule has 3 aromatic rings. The second-order valence-corrected chi connectivity index (χ2v) is 7.32. The molecule has 0 spiro atoms. The van der Waals surface area contributed by atoms with E-state index in [1.54, 1.807) is 55.3 Å². The molecule has 0 radical (unpaired) electrons. The first-order chi connectivity index (χ1) is 13.6. The molecule has 0 saturated heterocycles. The maximum atomic E-state index is 12.8. The molecule has 0 aliphatic heterocycles. The number of rotatable bonds is 6. The lowest BCUT2D eigenvalue weighted by Gasteiger charge is -2.11. The zero-order chi connectivity index (χ0) is 19.9. The molecule has 0 saturated carbocycles. The summed E-state index contributed by atoms with van der Waals surface area (Å²) in [6.07, 6.45) is 0. The van der Waals surface area contributed by atoms with Crippen molar-refractivity contribution in [2.45, 2.75) is 10.6 Å². The number of nitriles is 1. The average Bonchev–Trinajstić information content (AvgIpc) is 2.73. The van der Waals surface area contributed by atoms with Gasteiger partial charge in [-0.15, -0.1) is 11.8 Å². The summed E-state index contributed by atoms with van der Waals surface area (Å²) in [6.45, 7) is 0. The van der Waals surface area contributed by atoms with Gasteiger partial charge in [0, 0.05) is 16.3 Å². The van der Waals surface area contributed by atoms with E-state index in [4.69, 9.17) is 21.6 Å². The second kappa shape index (κ2) is 9.32. The predicted octanol–water partition coefficient (Wildman–Crippen LogP) is 5.76. The average molecular weight is 409 g/mol. The van der Waals surface area contributed by atoms with E-state index in [-0.39, 0.29) is 5.91 Å². The number of ether oxygens (including phenoxy) is 1. The van der Waals surface area contributed by atoms with Gasteiger partial charge in [-0.05, 0) is 48.0 Å². The Morgan fingerprint density at radius 3 is 2.57 bits per heavy atom. The quantitative estimate of drug-likeness (QED) is 0.526. The Bertz CT molecular complexity index is 1030. The van der Waals surface area contributed by atoms with Crippen LogP contribution in [0.15, 0.2) is 71.6 Å². The van der Waals surface area contributed by atoms with E-state index in [0.717, 1.165) is 10.5 Å². The molecule has 0 aliphatic rings. The fourth-order valence-corrected chi connectivity index (χ4v) is 3.82. The van der Waals surface area contributed by atoms with E-state index in [9.17, 15) is 4.79 Å². The monoisotopic (exact) mass is 408 g/mol. The van der Waals surface area contributed by atoms with Gasteiger partial charge in [0.25, 0.3) is 5.91 Å². The van der Waals surface area contributed by atoms with Crippen LogP contribution in [0.3, 0.4) is 0 Å². The maximum absolute atomic E-state index is 12.8. The first-order valence-electron chi connectivity index (χ1n) is 8.46. The smallest absolute Gasteiger partial charge is 0.256 e. The van der Waals surface area contributed by atoms with Crippen LogP contribution in [0.4, 0.5) is 5.69 Å². The number of benzene rings is 3. The zero-order valence-corrected chi connectivity index (χ0v) is 16.7. The van der Waals surface area contributed by atoms with Crippen LogP contribution >= 0.6 is 23.4 Å². The van der Waals surface area contributed by atoms with Gasteiger partial charge < -0.3 is 10.1 Å². The van der Waals surface area contributed by atoms with Crippen LogP contribution in [0.5, 0.6) is 5.75 Å². The number of hydrogen-bond donors (Lipinski definition) is 1. The number of carbonyl (C=O) groups is 1. The molecule has 3 rings (SSSR count). The molecule has 0 bridgehead atoms. The molecule has 0 atom stereocenters. The molecule has 0 unspecified atom stereocenters. The lowest BCUT2D eigenvalue weighted by molar-refractivity contribution is 0.102. The van der Waals surface area contributed by atoms with Crippen molar-refractivity contribution in [3.8, 4) is 11.8 Å². The van der Waals surface area contributed by atoms with Crippen molar-refractivity contribution in [2.75, 3.05) is 12.4 Å². The van der Waals surface area contributed by atoms with Gasteiger partial charge in [0.15, 0.2) is 0 Å². The number of halogens is 1. The fraction of sp³-hybridized carbons (Fsp3) is 0.0909. The molecule has 6 heteroatoms. The summed E-state index contributed by atoms with van der Waals surface area (Å²) in [5, 5.41) is 12.2. The largest absolute Gasteiger partial charge is 0.495 e. The van der Waals surface area contributed by atoms with E-state index in [1.165, 1.54) is 0 Å². The SMILES string of the molecule is COc1ccc(NC(=O)c2ccccc2SCc2ccc(C#N)cc2)cc1Cl. The molecular formula is C22H17ClN2O2S. The molecule has 3 aromatic carbocycles. The Labute approximate surface area is 173 Å². The zero-order valence-electron chi connectivity index (χ0n) is 15.1. The number of methoxy groups -OCH3 is 1. The van der Waals surface area contributed by atoms with Gasteiger partial charge in [-0.1, -0.05) is 35.9 Å². The molecule has 1 amide bonds. The van der Waals surface area contributed by atoms with Gasteiger partial charge >= 0.3 is 0 Å². The molecule has 4 nitrogen and oxygen atoms in total. The Morgan fingerprint density at radius 1 is 1.14 bits per heavy atom. The summed E-state index contributed by atoms with van der Waals surface area (Å²) in [5.41, 5.74) is 2.91. The Hall–Kier alpha value is -2.94. The van der Waals surface area contributed by atoms with Crippen molar-refractivity contribution in [3.63, 3.8) is 0 Å². The molecular weight excluding hydrogens is 392 g/mol. The fourth-order valence-electron chi connectivity index (χ4n) is 2.56. The highest BCUT2D eigenvalue weighted by atomic mass is 35.5. The number of hydrogen-bond acceptors (Lipinski definition) is 4. The second-order valence-electron chi connectivity index (χ2n) is 5.90. The minimum absolute atomic E-state index is 0.204. The van der Waals surface area contributed by atoms with Gasteiger partial charge in [0.1, 0.15) is 5.75 Å². The number of nitrogens with zero attached hydrogens (tertiary/aromatic N) is 1. The lowest BCUT2D eigenvalue weighted by atomic mass is 10.2. The summed E-state index contributed by atoms with van der Waals surface area (Å²) in [6, 6.07) is 22.1. The molecule has 28 heavy (non-hydrogen) atoms. The van der Waals surface area contributed by atoms with Crippen LogP contribution in [0, 0.1) is 11.3 Å². The Kier molecular flexibility index (Phi) is 6.59. The maximum Gasteiger partial charge on any atom is 0.256 e. The van der Waals surface area contributed by atoms with Crippen LogP contribution < -0.4 is 10.1 Å². The topological polar surface area (TPSA) is 62.1 Å². The van der Waals surface area contributed by atoms with E-state index >= 15 is 0 Å². The normalized spacial score (nSPS) is 10.2. The van der Waals surface area contributed by atoms with E-state index < -0.39 is 0 Å². The third kappa shape index (κ3) is 4.86. The predicted molar refractivity (Wildman–Crippen MR) is 113 cm³/mol. The van der Waals surface area contributed by atoms with Crippen molar-refractivity contribution < 1.29 is 9.53 Å². The lowest BCUT2D eigenvalue weighted by Crippen LogP contribution is -2.13. The molecule has 0 aliphatic carbocycles. The summed E-state index contributed by atoms with van der Waals surface area (Å²) >= 11 is 7.70. The number of anilines is 1. The number of thioether (sulfide) groups is 1. The van der Waals surface area contributed by atoms with Crippen molar-refractivity contribution in [2.24, 2.45) is 0 Å². The first kappa shape index (κ1) is 19.8. The van der Waals surface area contributed by atoms with Crippen molar-refractivity contribution in [1.29, 1.82) is 5.26 Å². The number of carbonyl (C=O) groups excluding carboxylic acids is 1. The Morgan fingerprint density at radius 2 is 1.89 bits per heavy atom. The van der Waals surface area contributed by atoms with Crippen LogP contribution in [-0.2, 0) is 5.75 Å². The highest BCUT2D eigenvalue weighted by Gasteiger charge is 2.13.